The zero-order chi connectivity index (χ0) is 17.8. The minimum absolute atomic E-state index is 0.217. The van der Waals surface area contributed by atoms with E-state index < -0.39 is 0 Å². The van der Waals surface area contributed by atoms with Crippen molar-refractivity contribution in [2.75, 3.05) is 11.9 Å². The Morgan fingerprint density at radius 2 is 1.52 bits per heavy atom. The number of amides is 1. The van der Waals surface area contributed by atoms with Crippen LogP contribution in [0.4, 0.5) is 5.69 Å². The average molecular weight is 334 g/mol. The minimum Gasteiger partial charge on any atom is -0.457 e. The number of hydrogen-bond acceptors (Lipinski definition) is 3. The second-order valence-corrected chi connectivity index (χ2v) is 5.58. The summed E-state index contributed by atoms with van der Waals surface area (Å²) in [5.41, 5.74) is 0.826. The SMILES string of the molecule is CN(C(=O)c1cccc(=O)n1C)c1ccc(Oc2ccccc2)cc1. The molecule has 0 saturated heterocycles. The quantitative estimate of drug-likeness (QED) is 0.734. The van der Waals surface area contributed by atoms with Crippen LogP contribution >= 0.6 is 0 Å². The van der Waals surface area contributed by atoms with Crippen LogP contribution in [-0.4, -0.2) is 17.5 Å². The Kier molecular flexibility index (Phi) is 4.66. The first-order valence-electron chi connectivity index (χ1n) is 7.83. The van der Waals surface area contributed by atoms with Crippen molar-refractivity contribution >= 4 is 11.6 Å². The first-order valence-corrected chi connectivity index (χ1v) is 7.83. The highest BCUT2D eigenvalue weighted by Gasteiger charge is 2.16. The van der Waals surface area contributed by atoms with Gasteiger partial charge in [0.05, 0.1) is 0 Å². The number of pyridine rings is 1. The molecule has 0 spiro atoms. The molecular formula is C20H18N2O3. The Balaban J connectivity index is 1.78. The van der Waals surface area contributed by atoms with E-state index in [0.717, 1.165) is 5.75 Å². The van der Waals surface area contributed by atoms with Gasteiger partial charge in [0, 0.05) is 25.8 Å². The van der Waals surface area contributed by atoms with E-state index in [1.165, 1.54) is 15.5 Å². The van der Waals surface area contributed by atoms with Crippen LogP contribution in [0, 0.1) is 0 Å². The topological polar surface area (TPSA) is 51.5 Å². The fraction of sp³-hybridized carbons (Fsp3) is 0.100. The molecule has 0 aliphatic heterocycles. The van der Waals surface area contributed by atoms with Crippen molar-refractivity contribution in [3.8, 4) is 11.5 Å². The molecular weight excluding hydrogens is 316 g/mol. The monoisotopic (exact) mass is 334 g/mol. The van der Waals surface area contributed by atoms with Gasteiger partial charge < -0.3 is 14.2 Å². The number of ether oxygens (including phenoxy) is 1. The third-order valence-electron chi connectivity index (χ3n) is 3.91. The molecule has 126 valence electrons. The van der Waals surface area contributed by atoms with Crippen molar-refractivity contribution in [2.45, 2.75) is 0 Å². The maximum atomic E-state index is 12.6. The summed E-state index contributed by atoms with van der Waals surface area (Å²) in [7, 11) is 3.26. The second kappa shape index (κ2) is 7.05. The third-order valence-corrected chi connectivity index (χ3v) is 3.91. The molecule has 0 fully saturated rings. The first-order chi connectivity index (χ1) is 12.1. The first kappa shape index (κ1) is 16.5. The number of hydrogen-bond donors (Lipinski definition) is 0. The lowest BCUT2D eigenvalue weighted by Crippen LogP contribution is -2.32. The number of carbonyl (C=O) groups excluding carboxylic acids is 1. The van der Waals surface area contributed by atoms with Crippen LogP contribution in [0.5, 0.6) is 11.5 Å². The van der Waals surface area contributed by atoms with Gasteiger partial charge in [-0.05, 0) is 42.5 Å². The molecule has 25 heavy (non-hydrogen) atoms. The summed E-state index contributed by atoms with van der Waals surface area (Å²) in [6.45, 7) is 0. The van der Waals surface area contributed by atoms with Gasteiger partial charge >= 0.3 is 0 Å². The van der Waals surface area contributed by atoms with Gasteiger partial charge in [-0.25, -0.2) is 0 Å². The number of nitrogens with zero attached hydrogens (tertiary/aromatic N) is 2. The highest BCUT2D eigenvalue weighted by Crippen LogP contribution is 2.24. The fourth-order valence-corrected chi connectivity index (χ4v) is 2.43. The lowest BCUT2D eigenvalue weighted by atomic mass is 10.2. The van der Waals surface area contributed by atoms with Gasteiger partial charge in [0.25, 0.3) is 11.5 Å². The lowest BCUT2D eigenvalue weighted by molar-refractivity contribution is 0.0984. The standard InChI is InChI=1S/C20H18N2O3/c1-21(20(24)18-9-6-10-19(23)22(18)2)15-11-13-17(14-12-15)25-16-7-4-3-5-8-16/h3-14H,1-2H3. The van der Waals surface area contributed by atoms with Gasteiger partial charge in [0.2, 0.25) is 0 Å². The maximum Gasteiger partial charge on any atom is 0.274 e. The lowest BCUT2D eigenvalue weighted by Gasteiger charge is -2.19. The molecule has 0 aliphatic rings. The maximum absolute atomic E-state index is 12.6. The smallest absolute Gasteiger partial charge is 0.274 e. The summed E-state index contributed by atoms with van der Waals surface area (Å²) >= 11 is 0. The van der Waals surface area contributed by atoms with Crippen LogP contribution in [0.3, 0.4) is 0 Å². The van der Waals surface area contributed by atoms with Crippen molar-refractivity contribution < 1.29 is 9.53 Å². The third kappa shape index (κ3) is 3.61. The average Bonchev–Trinajstić information content (AvgIpc) is 2.64. The molecule has 0 aliphatic carbocycles. The van der Waals surface area contributed by atoms with E-state index in [1.54, 1.807) is 50.5 Å². The number of benzene rings is 2. The van der Waals surface area contributed by atoms with Crippen molar-refractivity contribution in [1.29, 1.82) is 0 Å². The van der Waals surface area contributed by atoms with E-state index in [4.69, 9.17) is 4.74 Å². The van der Waals surface area contributed by atoms with E-state index in [-0.39, 0.29) is 11.5 Å². The molecule has 2 aromatic carbocycles. The van der Waals surface area contributed by atoms with Crippen molar-refractivity contribution in [2.24, 2.45) is 7.05 Å². The summed E-state index contributed by atoms with van der Waals surface area (Å²) in [5, 5.41) is 0. The molecule has 0 radical (unpaired) electrons. The van der Waals surface area contributed by atoms with Crippen LogP contribution in [0.1, 0.15) is 10.5 Å². The number of rotatable bonds is 4. The van der Waals surface area contributed by atoms with Crippen LogP contribution in [0.15, 0.2) is 77.6 Å². The zero-order valence-electron chi connectivity index (χ0n) is 14.0. The molecule has 0 unspecified atom stereocenters. The summed E-state index contributed by atoms with van der Waals surface area (Å²) in [6.07, 6.45) is 0. The molecule has 0 saturated carbocycles. The highest BCUT2D eigenvalue weighted by atomic mass is 16.5. The molecule has 0 bridgehead atoms. The number of para-hydroxylation sites is 1. The summed E-state index contributed by atoms with van der Waals surface area (Å²) in [4.78, 5) is 25.8. The second-order valence-electron chi connectivity index (χ2n) is 5.58. The molecule has 3 rings (SSSR count). The van der Waals surface area contributed by atoms with Gasteiger partial charge in [-0.1, -0.05) is 24.3 Å². The van der Waals surface area contributed by atoms with Crippen LogP contribution < -0.4 is 15.2 Å². The van der Waals surface area contributed by atoms with Crippen molar-refractivity contribution in [3.63, 3.8) is 0 Å². The predicted molar refractivity (Wildman–Crippen MR) is 97.4 cm³/mol. The molecule has 1 amide bonds. The highest BCUT2D eigenvalue weighted by molar-refractivity contribution is 6.04. The normalized spacial score (nSPS) is 10.3. The van der Waals surface area contributed by atoms with Gasteiger partial charge in [-0.15, -0.1) is 0 Å². The van der Waals surface area contributed by atoms with E-state index >= 15 is 0 Å². The fourth-order valence-electron chi connectivity index (χ4n) is 2.43. The van der Waals surface area contributed by atoms with Gasteiger partial charge in [-0.2, -0.15) is 0 Å². The van der Waals surface area contributed by atoms with Gasteiger partial charge in [-0.3, -0.25) is 9.59 Å². The zero-order valence-corrected chi connectivity index (χ0v) is 14.0. The molecule has 5 nitrogen and oxygen atoms in total. The van der Waals surface area contributed by atoms with Crippen molar-refractivity contribution in [3.05, 3.63) is 88.8 Å². The molecule has 0 atom stereocenters. The Labute approximate surface area is 145 Å². The molecule has 1 heterocycles. The Bertz CT molecular complexity index is 931. The van der Waals surface area contributed by atoms with E-state index in [9.17, 15) is 9.59 Å². The number of carbonyl (C=O) groups is 1. The molecule has 0 N–H and O–H groups in total. The largest absolute Gasteiger partial charge is 0.457 e. The van der Waals surface area contributed by atoms with E-state index in [0.29, 0.717) is 17.1 Å². The van der Waals surface area contributed by atoms with Crippen LogP contribution in [0.25, 0.3) is 0 Å². The van der Waals surface area contributed by atoms with Gasteiger partial charge in [0.1, 0.15) is 17.2 Å². The summed E-state index contributed by atoms with van der Waals surface area (Å²) in [5.74, 6) is 1.18. The van der Waals surface area contributed by atoms with E-state index in [1.807, 2.05) is 30.3 Å². The van der Waals surface area contributed by atoms with Crippen molar-refractivity contribution in [1.82, 2.24) is 4.57 Å². The van der Waals surface area contributed by atoms with Crippen LogP contribution in [-0.2, 0) is 7.05 Å². The molecule has 1 aromatic heterocycles. The Morgan fingerprint density at radius 1 is 0.880 bits per heavy atom. The Hall–Kier alpha value is -3.34. The minimum atomic E-state index is -0.253. The predicted octanol–water partition coefficient (Wildman–Crippen LogP) is 3.45. The molecule has 5 heteroatoms. The number of anilines is 1. The summed E-state index contributed by atoms with van der Waals surface area (Å²) in [6, 6.07) is 21.3. The Morgan fingerprint density at radius 3 is 2.20 bits per heavy atom. The van der Waals surface area contributed by atoms with Crippen LogP contribution in [0.2, 0.25) is 0 Å². The summed E-state index contributed by atoms with van der Waals surface area (Å²) < 4.78 is 7.08. The van der Waals surface area contributed by atoms with E-state index in [2.05, 4.69) is 0 Å². The van der Waals surface area contributed by atoms with Gasteiger partial charge in [0.15, 0.2) is 0 Å². The number of aromatic nitrogens is 1. The molecule has 3 aromatic rings.